The highest BCUT2D eigenvalue weighted by molar-refractivity contribution is 7.18. The van der Waals surface area contributed by atoms with Gasteiger partial charge < -0.3 is 25.0 Å². The lowest BCUT2D eigenvalue weighted by Crippen LogP contribution is -2.26. The average Bonchev–Trinajstić information content (AvgIpc) is 3.39. The number of benzene rings is 1. The topological polar surface area (TPSA) is 102 Å². The molecule has 0 fully saturated rings. The van der Waals surface area contributed by atoms with Gasteiger partial charge in [-0.05, 0) is 43.3 Å². The number of anilines is 3. The van der Waals surface area contributed by atoms with Crippen LogP contribution in [0.15, 0.2) is 36.1 Å². The van der Waals surface area contributed by atoms with Gasteiger partial charge in [-0.15, -0.1) is 11.3 Å². The lowest BCUT2D eigenvalue weighted by atomic mass is 10.2. The number of amides is 1. The molecule has 0 aliphatic rings. The van der Waals surface area contributed by atoms with E-state index in [1.807, 2.05) is 19.1 Å². The summed E-state index contributed by atoms with van der Waals surface area (Å²) in [6.45, 7) is 10.2. The highest BCUT2D eigenvalue weighted by Crippen LogP contribution is 2.41. The molecule has 4 rings (SSSR count). The first-order valence-electron chi connectivity index (χ1n) is 12.4. The molecule has 39 heavy (non-hydrogen) atoms. The third kappa shape index (κ3) is 6.77. The molecular weight excluding hydrogens is 559 g/mol. The molecule has 2 N–H and O–H groups in total. The molecule has 0 unspecified atom stereocenters. The summed E-state index contributed by atoms with van der Waals surface area (Å²) in [4.78, 5) is 28.7. The molecule has 12 heteroatoms. The molecule has 3 heterocycles. The van der Waals surface area contributed by atoms with E-state index in [4.69, 9.17) is 32.7 Å². The maximum Gasteiger partial charge on any atom is 0.258 e. The fraction of sp³-hybridized carbons (Fsp3) is 0.333. The largest absolute Gasteiger partial charge is 0.495 e. The summed E-state index contributed by atoms with van der Waals surface area (Å²) in [6, 6.07) is 5.54. The summed E-state index contributed by atoms with van der Waals surface area (Å²) in [5, 5.41) is 8.33. The normalized spacial score (nSPS) is 11.3. The van der Waals surface area contributed by atoms with Crippen LogP contribution < -0.4 is 15.4 Å². The van der Waals surface area contributed by atoms with Gasteiger partial charge in [-0.25, -0.2) is 15.0 Å². The molecule has 3 aromatic heterocycles. The standard InChI is InChI=1S/C27H30Cl2N6O3S/c1-5-35(6-2)9-10-38-13-17-7-8-20(30-12-17)33-26-25-23(31-15-32-26)18(14-39-25)27(36)34-24-21(28)16(3)11-19(37-4)22(24)29/h7-8,11-12,14-15H,5-6,9-10,13H2,1-4H3,(H,34,36)(H,30,31,32,33). The van der Waals surface area contributed by atoms with Gasteiger partial charge in [0.2, 0.25) is 0 Å². The number of hydrogen-bond acceptors (Lipinski definition) is 9. The van der Waals surface area contributed by atoms with Crippen LogP contribution in [-0.2, 0) is 11.3 Å². The summed E-state index contributed by atoms with van der Waals surface area (Å²) in [7, 11) is 1.50. The van der Waals surface area contributed by atoms with Gasteiger partial charge in [0.15, 0.2) is 5.82 Å². The number of pyridine rings is 1. The van der Waals surface area contributed by atoms with Crippen LogP contribution in [0.3, 0.4) is 0 Å². The second-order valence-corrected chi connectivity index (χ2v) is 10.3. The zero-order valence-corrected chi connectivity index (χ0v) is 24.5. The zero-order valence-electron chi connectivity index (χ0n) is 22.2. The molecule has 0 saturated carbocycles. The van der Waals surface area contributed by atoms with Crippen LogP contribution in [0.4, 0.5) is 17.3 Å². The number of fused-ring (bicyclic) bond motifs is 1. The van der Waals surface area contributed by atoms with Gasteiger partial charge >= 0.3 is 0 Å². The molecule has 0 saturated heterocycles. The van der Waals surface area contributed by atoms with E-state index in [2.05, 4.69) is 44.3 Å². The third-order valence-corrected chi connectivity index (χ3v) is 8.03. The smallest absolute Gasteiger partial charge is 0.258 e. The summed E-state index contributed by atoms with van der Waals surface area (Å²) in [5.74, 6) is 1.19. The Balaban J connectivity index is 1.46. The number of nitrogens with zero attached hydrogens (tertiary/aromatic N) is 4. The molecule has 206 valence electrons. The number of aromatic nitrogens is 3. The number of ether oxygens (including phenoxy) is 2. The Morgan fingerprint density at radius 2 is 1.92 bits per heavy atom. The van der Waals surface area contributed by atoms with Crippen LogP contribution in [-0.4, -0.2) is 59.1 Å². The zero-order chi connectivity index (χ0) is 27.9. The monoisotopic (exact) mass is 588 g/mol. The van der Waals surface area contributed by atoms with Crippen molar-refractivity contribution in [3.05, 3.63) is 62.8 Å². The number of methoxy groups -OCH3 is 1. The molecule has 0 radical (unpaired) electrons. The molecule has 1 amide bonds. The Morgan fingerprint density at radius 1 is 1.13 bits per heavy atom. The number of carbonyl (C=O) groups is 1. The van der Waals surface area contributed by atoms with Crippen LogP contribution in [0, 0.1) is 6.92 Å². The fourth-order valence-corrected chi connectivity index (χ4v) is 5.37. The van der Waals surface area contributed by atoms with E-state index >= 15 is 0 Å². The molecule has 0 atom stereocenters. The lowest BCUT2D eigenvalue weighted by molar-refractivity contribution is 0.0955. The van der Waals surface area contributed by atoms with Crippen LogP contribution >= 0.6 is 34.5 Å². The van der Waals surface area contributed by atoms with Crippen LogP contribution in [0.2, 0.25) is 10.0 Å². The first-order chi connectivity index (χ1) is 18.9. The molecule has 0 aliphatic carbocycles. The maximum atomic E-state index is 13.2. The van der Waals surface area contributed by atoms with Crippen LogP contribution in [0.5, 0.6) is 5.75 Å². The quantitative estimate of drug-likeness (QED) is 0.179. The molecule has 4 aromatic rings. The second kappa shape index (κ2) is 13.4. The summed E-state index contributed by atoms with van der Waals surface area (Å²) < 4.78 is 11.8. The molecule has 9 nitrogen and oxygen atoms in total. The first kappa shape index (κ1) is 29.0. The Bertz CT molecular complexity index is 1440. The summed E-state index contributed by atoms with van der Waals surface area (Å²) >= 11 is 14.2. The van der Waals surface area contributed by atoms with Gasteiger partial charge in [0, 0.05) is 18.1 Å². The first-order valence-corrected chi connectivity index (χ1v) is 14.1. The number of carbonyl (C=O) groups excluding carboxylic acids is 1. The van der Waals surface area contributed by atoms with Crippen molar-refractivity contribution < 1.29 is 14.3 Å². The van der Waals surface area contributed by atoms with E-state index in [1.54, 1.807) is 17.6 Å². The number of likely N-dealkylation sites (N-methyl/N-ethyl adjacent to an activating group) is 1. The van der Waals surface area contributed by atoms with Gasteiger partial charge in [-0.3, -0.25) is 4.79 Å². The van der Waals surface area contributed by atoms with Crippen LogP contribution in [0.25, 0.3) is 10.2 Å². The van der Waals surface area contributed by atoms with Crippen molar-refractivity contribution >= 4 is 68.0 Å². The predicted octanol–water partition coefficient (Wildman–Crippen LogP) is 6.56. The summed E-state index contributed by atoms with van der Waals surface area (Å²) in [6.07, 6.45) is 3.18. The van der Waals surface area contributed by atoms with E-state index in [1.165, 1.54) is 24.8 Å². The van der Waals surface area contributed by atoms with Crippen molar-refractivity contribution in [3.8, 4) is 5.75 Å². The number of aryl methyl sites for hydroxylation is 1. The van der Waals surface area contributed by atoms with Gasteiger partial charge in [-0.2, -0.15) is 0 Å². The van der Waals surface area contributed by atoms with Crippen molar-refractivity contribution in [2.75, 3.05) is 44.0 Å². The highest BCUT2D eigenvalue weighted by Gasteiger charge is 2.21. The van der Waals surface area contributed by atoms with E-state index in [9.17, 15) is 4.79 Å². The Kier molecular flexibility index (Phi) is 9.93. The number of nitrogens with one attached hydrogen (secondary N) is 2. The molecule has 0 bridgehead atoms. The van der Waals surface area contributed by atoms with E-state index in [0.29, 0.717) is 51.4 Å². The molecule has 0 spiro atoms. The Labute approximate surface area is 241 Å². The minimum absolute atomic E-state index is 0.224. The van der Waals surface area contributed by atoms with Crippen molar-refractivity contribution in [2.24, 2.45) is 0 Å². The van der Waals surface area contributed by atoms with E-state index < -0.39 is 5.91 Å². The van der Waals surface area contributed by atoms with Gasteiger partial charge in [0.25, 0.3) is 5.91 Å². The van der Waals surface area contributed by atoms with Crippen molar-refractivity contribution in [2.45, 2.75) is 27.4 Å². The Hall–Kier alpha value is -3.02. The molecule has 1 aromatic carbocycles. The number of thiophene rings is 1. The lowest BCUT2D eigenvalue weighted by Gasteiger charge is -2.17. The van der Waals surface area contributed by atoms with Gasteiger partial charge in [0.05, 0.1) is 46.8 Å². The highest BCUT2D eigenvalue weighted by atomic mass is 35.5. The second-order valence-electron chi connectivity index (χ2n) is 8.66. The van der Waals surface area contributed by atoms with Crippen molar-refractivity contribution in [1.82, 2.24) is 19.9 Å². The number of rotatable bonds is 12. The van der Waals surface area contributed by atoms with Crippen molar-refractivity contribution in [3.63, 3.8) is 0 Å². The minimum atomic E-state index is -0.397. The van der Waals surface area contributed by atoms with Gasteiger partial charge in [0.1, 0.15) is 22.9 Å². The minimum Gasteiger partial charge on any atom is -0.495 e. The van der Waals surface area contributed by atoms with E-state index in [0.717, 1.165) is 30.8 Å². The SMILES string of the molecule is CCN(CC)CCOCc1ccc(Nc2ncnc3c(C(=O)Nc4c(Cl)c(C)cc(OC)c4Cl)csc23)nc1. The fourth-order valence-electron chi connectivity index (χ4n) is 3.91. The number of halogens is 2. The molecule has 0 aliphatic heterocycles. The van der Waals surface area contributed by atoms with Crippen LogP contribution in [0.1, 0.15) is 35.3 Å². The predicted molar refractivity (Wildman–Crippen MR) is 158 cm³/mol. The summed E-state index contributed by atoms with van der Waals surface area (Å²) in [5.41, 5.74) is 2.86. The third-order valence-electron chi connectivity index (χ3n) is 6.19. The average molecular weight is 590 g/mol. The van der Waals surface area contributed by atoms with E-state index in [-0.39, 0.29) is 10.7 Å². The molecular formula is C27H30Cl2N6O3S. The van der Waals surface area contributed by atoms with Gasteiger partial charge in [-0.1, -0.05) is 43.1 Å². The van der Waals surface area contributed by atoms with Crippen molar-refractivity contribution in [1.29, 1.82) is 0 Å². The maximum absolute atomic E-state index is 13.2. The Morgan fingerprint density at radius 3 is 2.62 bits per heavy atom. The number of hydrogen-bond donors (Lipinski definition) is 2.